The van der Waals surface area contributed by atoms with Crippen LogP contribution < -0.4 is 0 Å². The molecule has 0 N–H and O–H groups in total. The maximum Gasteiger partial charge on any atom is 0.148 e. The number of fused-ring (bicyclic) bond motifs is 5. The van der Waals surface area contributed by atoms with Gasteiger partial charge in [-0.2, -0.15) is 0 Å². The molecule has 4 nitrogen and oxygen atoms in total. The largest absolute Gasteiger partial charge is 0.498 e. The van der Waals surface area contributed by atoms with Gasteiger partial charge in [-0.15, -0.1) is 64.9 Å². The number of aromatic nitrogens is 3. The molecule has 6 heteroatoms. The van der Waals surface area contributed by atoms with Crippen LogP contribution in [0.1, 0.15) is 77.0 Å². The average Bonchev–Trinajstić information content (AvgIpc) is 3.67. The molecular formula is C41H41IrN3OS-2. The van der Waals surface area contributed by atoms with Crippen molar-refractivity contribution in [2.45, 2.75) is 74.0 Å². The summed E-state index contributed by atoms with van der Waals surface area (Å²) in [6, 6.07) is 24.4. The molecule has 243 valence electrons. The van der Waals surface area contributed by atoms with Crippen LogP contribution in [0.15, 0.2) is 77.5 Å². The van der Waals surface area contributed by atoms with E-state index in [9.17, 15) is 0 Å². The summed E-state index contributed by atoms with van der Waals surface area (Å²) in [7, 11) is 0. The number of hydrogen-bond acceptors (Lipinski definition) is 5. The molecule has 0 aliphatic carbocycles. The molecule has 4 aromatic heterocycles. The van der Waals surface area contributed by atoms with Gasteiger partial charge in [-0.1, -0.05) is 89.2 Å². The van der Waals surface area contributed by atoms with E-state index >= 15 is 0 Å². The van der Waals surface area contributed by atoms with Gasteiger partial charge in [0.15, 0.2) is 0 Å². The first-order valence-electron chi connectivity index (χ1n) is 18.3. The maximum absolute atomic E-state index is 7.28. The molecule has 0 saturated carbocycles. The Kier molecular flexibility index (Phi) is 7.79. The number of furan rings is 1. The Morgan fingerprint density at radius 2 is 1.57 bits per heavy atom. The zero-order valence-electron chi connectivity index (χ0n) is 33.6. The Labute approximate surface area is 304 Å². The summed E-state index contributed by atoms with van der Waals surface area (Å²) in [6.45, 7) is 11.2. The molecule has 0 bridgehead atoms. The van der Waals surface area contributed by atoms with Gasteiger partial charge in [-0.05, 0) is 54.2 Å². The van der Waals surface area contributed by atoms with Crippen molar-refractivity contribution < 1.29 is 32.7 Å². The summed E-state index contributed by atoms with van der Waals surface area (Å²) in [5, 5.41) is 3.30. The van der Waals surface area contributed by atoms with Crippen LogP contribution in [0.25, 0.3) is 54.7 Å². The quantitative estimate of drug-likeness (QED) is 0.167. The molecule has 7 rings (SSSR count). The van der Waals surface area contributed by atoms with Gasteiger partial charge in [0.25, 0.3) is 0 Å². The number of benzene rings is 3. The predicted molar refractivity (Wildman–Crippen MR) is 194 cm³/mol. The first-order valence-corrected chi connectivity index (χ1v) is 16.1. The van der Waals surface area contributed by atoms with Gasteiger partial charge in [0.2, 0.25) is 0 Å². The third-order valence-electron chi connectivity index (χ3n) is 7.64. The minimum atomic E-state index is -2.18. The molecule has 0 amide bonds. The number of rotatable bonds is 3. The third kappa shape index (κ3) is 7.56. The molecule has 0 spiro atoms. The number of hydrogen-bond donors (Lipinski definition) is 0. The topological polar surface area (TPSA) is 51.8 Å². The SMILES string of the molecule is Cc1cnc(-c2[c-]ccc3c2oc2c3ccc3sc(C(C)(C)C)nc32)cc1CC(C)(C)C.[2H]C([2H])([2H])c1c[c-]c(-c2ccc(C([2H])([2H])[2H])cn2)cc1.[Ir]. The fraction of sp³-hybridized carbons (Fsp3) is 0.293. The fourth-order valence-corrected chi connectivity index (χ4v) is 6.32. The third-order valence-corrected chi connectivity index (χ3v) is 9.09. The minimum absolute atomic E-state index is 0. The van der Waals surface area contributed by atoms with Crippen molar-refractivity contribution in [3.63, 3.8) is 0 Å². The van der Waals surface area contributed by atoms with Gasteiger partial charge in [-0.25, -0.2) is 4.98 Å². The Morgan fingerprint density at radius 3 is 2.23 bits per heavy atom. The van der Waals surface area contributed by atoms with Crippen LogP contribution in [-0.2, 0) is 31.9 Å². The molecule has 0 unspecified atom stereocenters. The van der Waals surface area contributed by atoms with Gasteiger partial charge >= 0.3 is 0 Å². The van der Waals surface area contributed by atoms with E-state index in [1.807, 2.05) is 12.3 Å². The Bertz CT molecular complexity index is 2330. The van der Waals surface area contributed by atoms with E-state index in [1.165, 1.54) is 35.5 Å². The molecule has 47 heavy (non-hydrogen) atoms. The van der Waals surface area contributed by atoms with Crippen molar-refractivity contribution in [2.75, 3.05) is 0 Å². The number of thiazole rings is 1. The summed E-state index contributed by atoms with van der Waals surface area (Å²) in [5.41, 5.74) is 8.76. The van der Waals surface area contributed by atoms with Crippen LogP contribution in [0.2, 0.25) is 0 Å². The average molecular weight is 822 g/mol. The molecule has 3 aromatic carbocycles. The van der Waals surface area contributed by atoms with Crippen molar-refractivity contribution >= 4 is 43.5 Å². The smallest absolute Gasteiger partial charge is 0.148 e. The van der Waals surface area contributed by atoms with E-state index in [4.69, 9.17) is 22.6 Å². The second-order valence-corrected chi connectivity index (χ2v) is 14.9. The molecule has 0 aliphatic heterocycles. The second-order valence-electron chi connectivity index (χ2n) is 13.9. The van der Waals surface area contributed by atoms with Gasteiger partial charge in [-0.3, -0.25) is 0 Å². The van der Waals surface area contributed by atoms with Crippen molar-refractivity contribution in [1.82, 2.24) is 15.0 Å². The van der Waals surface area contributed by atoms with E-state index in [-0.39, 0.29) is 42.1 Å². The molecule has 0 fully saturated rings. The maximum atomic E-state index is 7.28. The van der Waals surface area contributed by atoms with E-state index in [2.05, 4.69) is 89.8 Å². The van der Waals surface area contributed by atoms with E-state index in [0.717, 1.165) is 54.8 Å². The van der Waals surface area contributed by atoms with Crippen LogP contribution in [0.5, 0.6) is 0 Å². The number of nitrogens with zero attached hydrogens (tertiary/aromatic N) is 3. The van der Waals surface area contributed by atoms with Gasteiger partial charge < -0.3 is 14.4 Å². The van der Waals surface area contributed by atoms with Crippen LogP contribution >= 0.6 is 11.3 Å². The van der Waals surface area contributed by atoms with Crippen LogP contribution in [0, 0.1) is 38.2 Å². The monoisotopic (exact) mass is 822 g/mol. The molecule has 0 aliphatic rings. The van der Waals surface area contributed by atoms with Crippen LogP contribution in [0.3, 0.4) is 0 Å². The summed E-state index contributed by atoms with van der Waals surface area (Å²) in [6.07, 6.45) is 4.27. The molecule has 0 atom stereocenters. The standard InChI is InChI=1S/C28H29N2OS.C13H12N.Ir/c1-16-15-29-21(13-17(16)14-27(2,3)4)20-10-8-9-18-19-11-12-22-23(25(19)31-24(18)20)30-26(32-22)28(5,6)7;1-10-3-6-12(7-4-10)13-8-5-11(2)9-14-13;/h8-9,11-13,15H,14H2,1-7H3;3-6,8-9H,1-2H3;/q2*-1;/i;1D3,2D3;. The van der Waals surface area contributed by atoms with Gasteiger partial charge in [0.05, 0.1) is 15.3 Å². The van der Waals surface area contributed by atoms with E-state index < -0.39 is 13.7 Å². The second kappa shape index (κ2) is 13.4. The summed E-state index contributed by atoms with van der Waals surface area (Å²) in [4.78, 5) is 13.8. The van der Waals surface area contributed by atoms with Crippen LogP contribution in [-0.4, -0.2) is 15.0 Å². The van der Waals surface area contributed by atoms with Crippen molar-refractivity contribution in [1.29, 1.82) is 0 Å². The van der Waals surface area contributed by atoms with Gasteiger partial charge in [0.1, 0.15) is 11.1 Å². The van der Waals surface area contributed by atoms with E-state index in [1.54, 1.807) is 23.5 Å². The van der Waals surface area contributed by atoms with E-state index in [0.29, 0.717) is 11.3 Å². The zero-order valence-corrected chi connectivity index (χ0v) is 30.8. The summed E-state index contributed by atoms with van der Waals surface area (Å²) in [5.74, 6) is 0. The summed E-state index contributed by atoms with van der Waals surface area (Å²) < 4.78 is 51.3. The van der Waals surface area contributed by atoms with Crippen molar-refractivity contribution in [3.05, 3.63) is 112 Å². The zero-order chi connectivity index (χ0) is 37.8. The minimum Gasteiger partial charge on any atom is -0.498 e. The predicted octanol–water partition coefficient (Wildman–Crippen LogP) is 11.4. The normalized spacial score (nSPS) is 14.3. The first kappa shape index (κ1) is 27.3. The van der Waals surface area contributed by atoms with Gasteiger partial charge in [0, 0.05) is 51.5 Å². The Balaban J connectivity index is 0.000000223. The molecule has 0 saturated heterocycles. The van der Waals surface area contributed by atoms with Crippen molar-refractivity contribution in [3.8, 4) is 22.5 Å². The molecule has 1 radical (unpaired) electrons. The molecular weight excluding hydrogens is 775 g/mol. The molecule has 7 aromatic rings. The first-order chi connectivity index (χ1) is 24.2. The number of aryl methyl sites for hydroxylation is 3. The molecule has 4 heterocycles. The Hall–Kier alpha value is -3.70. The van der Waals surface area contributed by atoms with Crippen LogP contribution in [0.4, 0.5) is 0 Å². The van der Waals surface area contributed by atoms with Crippen molar-refractivity contribution in [2.24, 2.45) is 5.41 Å². The fourth-order valence-electron chi connectivity index (χ4n) is 5.30. The summed E-state index contributed by atoms with van der Waals surface area (Å²) >= 11 is 1.75. The number of pyridine rings is 2. The Morgan fingerprint density at radius 1 is 0.830 bits per heavy atom.